The van der Waals surface area contributed by atoms with Gasteiger partial charge in [-0.25, -0.2) is 17.8 Å². The number of hydrogen-bond acceptors (Lipinski definition) is 4. The first kappa shape index (κ1) is 24.3. The molecule has 2 rings (SSSR count). The molecular formula is C19H26FIN4O2S. The van der Waals surface area contributed by atoms with E-state index in [4.69, 9.17) is 0 Å². The summed E-state index contributed by atoms with van der Waals surface area (Å²) in [5, 5.41) is 6.30. The predicted molar refractivity (Wildman–Crippen MR) is 121 cm³/mol. The highest BCUT2D eigenvalue weighted by molar-refractivity contribution is 14.0. The number of nitrogens with zero attached hydrogens (tertiary/aromatic N) is 2. The summed E-state index contributed by atoms with van der Waals surface area (Å²) in [6, 6.07) is 9.87. The van der Waals surface area contributed by atoms with Crippen LogP contribution in [0.25, 0.3) is 0 Å². The second kappa shape index (κ2) is 11.3. The van der Waals surface area contributed by atoms with Gasteiger partial charge in [-0.05, 0) is 49.2 Å². The monoisotopic (exact) mass is 520 g/mol. The summed E-state index contributed by atoms with van der Waals surface area (Å²) in [6.07, 6.45) is 1.16. The van der Waals surface area contributed by atoms with Crippen LogP contribution in [0.3, 0.4) is 0 Å². The van der Waals surface area contributed by atoms with E-state index in [9.17, 15) is 12.8 Å². The van der Waals surface area contributed by atoms with Gasteiger partial charge in [0.15, 0.2) is 15.8 Å². The third-order valence-electron chi connectivity index (χ3n) is 3.72. The summed E-state index contributed by atoms with van der Waals surface area (Å²) in [5.74, 6) is -0.00952. The van der Waals surface area contributed by atoms with Gasteiger partial charge in [0.2, 0.25) is 0 Å². The maximum absolute atomic E-state index is 13.6. The van der Waals surface area contributed by atoms with E-state index in [2.05, 4.69) is 20.6 Å². The molecule has 0 aliphatic heterocycles. The van der Waals surface area contributed by atoms with E-state index < -0.39 is 15.7 Å². The first-order valence-corrected chi connectivity index (χ1v) is 10.7. The van der Waals surface area contributed by atoms with E-state index in [1.807, 2.05) is 32.0 Å². The minimum absolute atomic E-state index is 0. The van der Waals surface area contributed by atoms with Crippen molar-refractivity contribution in [2.24, 2.45) is 4.99 Å². The van der Waals surface area contributed by atoms with Crippen LogP contribution < -0.4 is 10.6 Å². The highest BCUT2D eigenvalue weighted by Gasteiger charge is 2.11. The predicted octanol–water partition coefficient (Wildman–Crippen LogP) is 2.95. The molecule has 0 saturated heterocycles. The van der Waals surface area contributed by atoms with Crippen LogP contribution in [0.5, 0.6) is 0 Å². The van der Waals surface area contributed by atoms with Crippen molar-refractivity contribution >= 4 is 39.8 Å². The number of rotatable bonds is 7. The highest BCUT2D eigenvalue weighted by Crippen LogP contribution is 2.15. The SMILES string of the molecule is CCNC(=NCc1cc(F)ccc1CS(C)(=O)=O)NCc1cccc(C)n1.I. The van der Waals surface area contributed by atoms with Crippen LogP contribution in [0.1, 0.15) is 29.4 Å². The Hall–Kier alpha value is -1.75. The van der Waals surface area contributed by atoms with E-state index in [0.717, 1.165) is 17.6 Å². The fourth-order valence-electron chi connectivity index (χ4n) is 2.54. The van der Waals surface area contributed by atoms with Gasteiger partial charge in [0.25, 0.3) is 0 Å². The molecule has 6 nitrogen and oxygen atoms in total. The molecule has 0 spiro atoms. The van der Waals surface area contributed by atoms with Crippen molar-refractivity contribution in [3.63, 3.8) is 0 Å². The van der Waals surface area contributed by atoms with Gasteiger partial charge >= 0.3 is 0 Å². The second-order valence-electron chi connectivity index (χ2n) is 6.30. The fraction of sp³-hybridized carbons (Fsp3) is 0.368. The molecule has 0 amide bonds. The molecule has 0 aliphatic rings. The topological polar surface area (TPSA) is 83.5 Å². The summed E-state index contributed by atoms with van der Waals surface area (Å²) in [6.45, 7) is 5.19. The molecule has 0 atom stereocenters. The smallest absolute Gasteiger partial charge is 0.191 e. The molecular weight excluding hydrogens is 494 g/mol. The van der Waals surface area contributed by atoms with Crippen molar-refractivity contribution in [1.82, 2.24) is 15.6 Å². The fourth-order valence-corrected chi connectivity index (χ4v) is 3.39. The van der Waals surface area contributed by atoms with Crippen LogP contribution >= 0.6 is 24.0 Å². The van der Waals surface area contributed by atoms with Crippen LogP contribution in [0.15, 0.2) is 41.4 Å². The first-order valence-electron chi connectivity index (χ1n) is 8.66. The zero-order valence-electron chi connectivity index (χ0n) is 16.2. The van der Waals surface area contributed by atoms with Crippen LogP contribution in [-0.4, -0.2) is 32.2 Å². The molecule has 0 saturated carbocycles. The number of guanidine groups is 1. The van der Waals surface area contributed by atoms with Crippen molar-refractivity contribution in [2.75, 3.05) is 12.8 Å². The summed E-state index contributed by atoms with van der Waals surface area (Å²) >= 11 is 0. The molecule has 2 N–H and O–H groups in total. The van der Waals surface area contributed by atoms with Crippen molar-refractivity contribution in [3.05, 3.63) is 64.7 Å². The normalized spacial score (nSPS) is 11.6. The molecule has 1 aromatic heterocycles. The lowest BCUT2D eigenvalue weighted by molar-refractivity contribution is 0.600. The molecule has 28 heavy (non-hydrogen) atoms. The number of aliphatic imine (C=N–C) groups is 1. The van der Waals surface area contributed by atoms with Crippen molar-refractivity contribution in [3.8, 4) is 0 Å². The van der Waals surface area contributed by atoms with E-state index in [0.29, 0.717) is 30.2 Å². The quantitative estimate of drug-likeness (QED) is 0.333. The number of pyridine rings is 1. The molecule has 0 aliphatic carbocycles. The lowest BCUT2D eigenvalue weighted by Crippen LogP contribution is -2.37. The molecule has 0 unspecified atom stereocenters. The Labute approximate surface area is 183 Å². The Balaban J connectivity index is 0.00000392. The van der Waals surface area contributed by atoms with Crippen LogP contribution in [-0.2, 0) is 28.7 Å². The Kier molecular flexibility index (Phi) is 9.80. The number of benzene rings is 1. The van der Waals surface area contributed by atoms with Gasteiger partial charge in [0.1, 0.15) is 5.82 Å². The van der Waals surface area contributed by atoms with E-state index in [-0.39, 0.29) is 36.3 Å². The molecule has 2 aromatic rings. The third kappa shape index (κ3) is 8.51. The largest absolute Gasteiger partial charge is 0.357 e. The Morgan fingerprint density at radius 2 is 1.93 bits per heavy atom. The lowest BCUT2D eigenvalue weighted by atomic mass is 10.1. The Bertz CT molecular complexity index is 920. The third-order valence-corrected chi connectivity index (χ3v) is 4.56. The molecule has 9 heteroatoms. The standard InChI is InChI=1S/C19H25FN4O2S.HI/c1-4-21-19(23-12-18-7-5-6-14(2)24-18)22-11-16-10-17(20)9-8-15(16)13-27(3,25)26;/h5-10H,4,11-13H2,1-3H3,(H2,21,22,23);1H. The molecule has 1 heterocycles. The summed E-state index contributed by atoms with van der Waals surface area (Å²) < 4.78 is 36.8. The lowest BCUT2D eigenvalue weighted by Gasteiger charge is -2.12. The van der Waals surface area contributed by atoms with Gasteiger partial charge in [0.05, 0.1) is 24.5 Å². The number of hydrogen-bond donors (Lipinski definition) is 2. The van der Waals surface area contributed by atoms with Gasteiger partial charge in [-0.3, -0.25) is 4.98 Å². The number of sulfone groups is 1. The molecule has 154 valence electrons. The number of aromatic nitrogens is 1. The van der Waals surface area contributed by atoms with Crippen LogP contribution in [0, 0.1) is 12.7 Å². The molecule has 0 fully saturated rings. The first-order chi connectivity index (χ1) is 12.8. The molecule has 0 bridgehead atoms. The Morgan fingerprint density at radius 3 is 2.57 bits per heavy atom. The van der Waals surface area contributed by atoms with Gasteiger partial charge in [-0.2, -0.15) is 0 Å². The average molecular weight is 520 g/mol. The maximum Gasteiger partial charge on any atom is 0.191 e. The number of halogens is 2. The van der Waals surface area contributed by atoms with Crippen LogP contribution in [0.2, 0.25) is 0 Å². The summed E-state index contributed by atoms with van der Waals surface area (Å²) in [7, 11) is -3.22. The van der Waals surface area contributed by atoms with E-state index in [1.54, 1.807) is 0 Å². The van der Waals surface area contributed by atoms with Crippen LogP contribution in [0.4, 0.5) is 4.39 Å². The zero-order chi connectivity index (χ0) is 19.9. The number of aryl methyl sites for hydroxylation is 1. The second-order valence-corrected chi connectivity index (χ2v) is 8.44. The van der Waals surface area contributed by atoms with Gasteiger partial charge in [-0.1, -0.05) is 12.1 Å². The maximum atomic E-state index is 13.6. The van der Waals surface area contributed by atoms with Crippen molar-refractivity contribution < 1.29 is 12.8 Å². The van der Waals surface area contributed by atoms with Crippen molar-refractivity contribution in [2.45, 2.75) is 32.7 Å². The van der Waals surface area contributed by atoms with Gasteiger partial charge in [0, 0.05) is 18.5 Å². The minimum Gasteiger partial charge on any atom is -0.357 e. The van der Waals surface area contributed by atoms with Crippen molar-refractivity contribution in [1.29, 1.82) is 0 Å². The Morgan fingerprint density at radius 1 is 1.18 bits per heavy atom. The number of nitrogens with one attached hydrogen (secondary N) is 2. The van der Waals surface area contributed by atoms with Gasteiger partial charge < -0.3 is 10.6 Å². The van der Waals surface area contributed by atoms with E-state index >= 15 is 0 Å². The average Bonchev–Trinajstić information content (AvgIpc) is 2.58. The highest BCUT2D eigenvalue weighted by atomic mass is 127. The summed E-state index contributed by atoms with van der Waals surface area (Å²) in [5.41, 5.74) is 2.91. The minimum atomic E-state index is -3.22. The zero-order valence-corrected chi connectivity index (χ0v) is 19.3. The van der Waals surface area contributed by atoms with Gasteiger partial charge in [-0.15, -0.1) is 24.0 Å². The summed E-state index contributed by atoms with van der Waals surface area (Å²) in [4.78, 5) is 8.89. The van der Waals surface area contributed by atoms with E-state index in [1.165, 1.54) is 18.2 Å². The molecule has 0 radical (unpaired) electrons. The molecule has 1 aromatic carbocycles.